The van der Waals surface area contributed by atoms with Crippen molar-refractivity contribution in [2.24, 2.45) is 5.92 Å². The molecule has 0 aliphatic carbocycles. The Kier molecular flexibility index (Phi) is 6.96. The molecule has 0 rings (SSSR count). The van der Waals surface area contributed by atoms with Crippen molar-refractivity contribution in [1.29, 1.82) is 0 Å². The lowest BCUT2D eigenvalue weighted by molar-refractivity contribution is -0.126. The van der Waals surface area contributed by atoms with E-state index in [-0.39, 0.29) is 36.7 Å². The van der Waals surface area contributed by atoms with Gasteiger partial charge in [-0.05, 0) is 6.42 Å². The molecule has 0 saturated heterocycles. The van der Waals surface area contributed by atoms with Crippen molar-refractivity contribution < 1.29 is 9.59 Å². The fourth-order valence-electron chi connectivity index (χ4n) is 0.947. The van der Waals surface area contributed by atoms with E-state index in [2.05, 4.69) is 10.6 Å². The van der Waals surface area contributed by atoms with Crippen molar-refractivity contribution in [2.45, 2.75) is 40.2 Å². The van der Waals surface area contributed by atoms with E-state index in [1.165, 1.54) is 0 Å². The van der Waals surface area contributed by atoms with Crippen LogP contribution in [-0.4, -0.2) is 30.8 Å². The summed E-state index contributed by atoms with van der Waals surface area (Å²) in [5.41, 5.74) is 0. The highest BCUT2D eigenvalue weighted by atomic mass is 16.2. The third-order valence-corrected chi connectivity index (χ3v) is 2.29. The molecule has 0 aliphatic rings. The van der Waals surface area contributed by atoms with E-state index in [4.69, 9.17) is 0 Å². The van der Waals surface area contributed by atoms with Gasteiger partial charge in [-0.15, -0.1) is 0 Å². The quantitative estimate of drug-likeness (QED) is 0.656. The standard InChI is InChI=1S/C11H22N2O2/c1-5-9(4)10(14)6-13-11(15)7-12-8(2)3/h8-9,12H,5-7H2,1-4H3,(H,13,15). The third kappa shape index (κ3) is 7.08. The van der Waals surface area contributed by atoms with Crippen molar-refractivity contribution in [3.63, 3.8) is 0 Å². The molecule has 2 N–H and O–H groups in total. The van der Waals surface area contributed by atoms with Gasteiger partial charge in [0, 0.05) is 12.0 Å². The number of amides is 1. The summed E-state index contributed by atoms with van der Waals surface area (Å²) in [6, 6.07) is 0.279. The summed E-state index contributed by atoms with van der Waals surface area (Å²) in [6.07, 6.45) is 0.818. The van der Waals surface area contributed by atoms with E-state index in [9.17, 15) is 9.59 Å². The maximum absolute atomic E-state index is 11.4. The first-order chi connectivity index (χ1) is 6.97. The van der Waals surface area contributed by atoms with Gasteiger partial charge in [-0.2, -0.15) is 0 Å². The van der Waals surface area contributed by atoms with Gasteiger partial charge in [-0.25, -0.2) is 0 Å². The van der Waals surface area contributed by atoms with Crippen molar-refractivity contribution in [3.8, 4) is 0 Å². The molecule has 88 valence electrons. The van der Waals surface area contributed by atoms with E-state index < -0.39 is 0 Å². The molecule has 0 aromatic rings. The van der Waals surface area contributed by atoms with Crippen LogP contribution in [0.5, 0.6) is 0 Å². The van der Waals surface area contributed by atoms with Crippen LogP contribution in [0.15, 0.2) is 0 Å². The molecular formula is C11H22N2O2. The molecule has 1 unspecified atom stereocenters. The molecule has 0 saturated carbocycles. The zero-order valence-electron chi connectivity index (χ0n) is 10.1. The Morgan fingerprint density at radius 2 is 1.73 bits per heavy atom. The molecular weight excluding hydrogens is 192 g/mol. The molecule has 0 aromatic heterocycles. The molecule has 0 spiro atoms. The van der Waals surface area contributed by atoms with Gasteiger partial charge in [0.1, 0.15) is 0 Å². The summed E-state index contributed by atoms with van der Waals surface area (Å²) < 4.78 is 0. The van der Waals surface area contributed by atoms with Crippen LogP contribution in [0, 0.1) is 5.92 Å². The summed E-state index contributed by atoms with van der Waals surface area (Å²) >= 11 is 0. The van der Waals surface area contributed by atoms with E-state index >= 15 is 0 Å². The number of carbonyl (C=O) groups excluding carboxylic acids is 2. The predicted octanol–water partition coefficient (Wildman–Crippen LogP) is 0.716. The van der Waals surface area contributed by atoms with Crippen LogP contribution in [0.4, 0.5) is 0 Å². The van der Waals surface area contributed by atoms with Gasteiger partial charge in [0.05, 0.1) is 13.1 Å². The number of carbonyl (C=O) groups is 2. The summed E-state index contributed by atoms with van der Waals surface area (Å²) in [6.45, 7) is 8.19. The van der Waals surface area contributed by atoms with E-state index in [0.29, 0.717) is 0 Å². The molecule has 1 amide bonds. The van der Waals surface area contributed by atoms with Gasteiger partial charge >= 0.3 is 0 Å². The Balaban J connectivity index is 3.67. The van der Waals surface area contributed by atoms with Crippen LogP contribution in [0.25, 0.3) is 0 Å². The average molecular weight is 214 g/mol. The first-order valence-electron chi connectivity index (χ1n) is 5.50. The molecule has 0 radical (unpaired) electrons. The van der Waals surface area contributed by atoms with E-state index in [0.717, 1.165) is 6.42 Å². The van der Waals surface area contributed by atoms with Crippen LogP contribution in [0.1, 0.15) is 34.1 Å². The Labute approximate surface area is 91.8 Å². The zero-order valence-corrected chi connectivity index (χ0v) is 10.1. The van der Waals surface area contributed by atoms with Crippen molar-refractivity contribution in [2.75, 3.05) is 13.1 Å². The number of rotatable bonds is 7. The lowest BCUT2D eigenvalue weighted by Gasteiger charge is -2.10. The molecule has 15 heavy (non-hydrogen) atoms. The highest BCUT2D eigenvalue weighted by Gasteiger charge is 2.11. The number of Topliss-reactive ketones (excluding diaryl/α,β-unsaturated/α-hetero) is 1. The maximum atomic E-state index is 11.4. The molecule has 0 heterocycles. The number of ketones is 1. The molecule has 0 aromatic carbocycles. The monoisotopic (exact) mass is 214 g/mol. The highest BCUT2D eigenvalue weighted by Crippen LogP contribution is 2.00. The van der Waals surface area contributed by atoms with Gasteiger partial charge in [0.2, 0.25) is 5.91 Å². The lowest BCUT2D eigenvalue weighted by Crippen LogP contribution is -2.39. The molecule has 0 aliphatic heterocycles. The van der Waals surface area contributed by atoms with Gasteiger partial charge in [0.25, 0.3) is 0 Å². The zero-order chi connectivity index (χ0) is 11.8. The van der Waals surface area contributed by atoms with Crippen molar-refractivity contribution in [3.05, 3.63) is 0 Å². The van der Waals surface area contributed by atoms with Crippen LogP contribution < -0.4 is 10.6 Å². The van der Waals surface area contributed by atoms with Gasteiger partial charge in [-0.3, -0.25) is 9.59 Å². The first kappa shape index (κ1) is 14.1. The van der Waals surface area contributed by atoms with Crippen LogP contribution in [-0.2, 0) is 9.59 Å². The average Bonchev–Trinajstić information content (AvgIpc) is 2.21. The second-order valence-electron chi connectivity index (χ2n) is 4.09. The molecule has 0 fully saturated rings. The highest BCUT2D eigenvalue weighted by molar-refractivity contribution is 5.87. The van der Waals surface area contributed by atoms with Crippen LogP contribution >= 0.6 is 0 Å². The van der Waals surface area contributed by atoms with Gasteiger partial charge < -0.3 is 10.6 Å². The normalized spacial score (nSPS) is 12.6. The number of nitrogens with one attached hydrogen (secondary N) is 2. The van der Waals surface area contributed by atoms with E-state index in [1.807, 2.05) is 27.7 Å². The fraction of sp³-hybridized carbons (Fsp3) is 0.818. The minimum Gasteiger partial charge on any atom is -0.348 e. The fourth-order valence-corrected chi connectivity index (χ4v) is 0.947. The van der Waals surface area contributed by atoms with Crippen LogP contribution in [0.3, 0.4) is 0 Å². The first-order valence-corrected chi connectivity index (χ1v) is 5.50. The molecule has 0 bridgehead atoms. The van der Waals surface area contributed by atoms with Gasteiger partial charge in [0.15, 0.2) is 5.78 Å². The Hall–Kier alpha value is -0.900. The second kappa shape index (κ2) is 7.40. The van der Waals surface area contributed by atoms with Crippen molar-refractivity contribution >= 4 is 11.7 Å². The van der Waals surface area contributed by atoms with Crippen LogP contribution in [0.2, 0.25) is 0 Å². The maximum Gasteiger partial charge on any atom is 0.234 e. The molecule has 1 atom stereocenters. The molecule has 4 heteroatoms. The second-order valence-corrected chi connectivity index (χ2v) is 4.09. The Morgan fingerprint density at radius 1 is 1.13 bits per heavy atom. The van der Waals surface area contributed by atoms with Gasteiger partial charge in [-0.1, -0.05) is 27.7 Å². The summed E-state index contributed by atoms with van der Waals surface area (Å²) in [5.74, 6) is -0.000826. The smallest absolute Gasteiger partial charge is 0.234 e. The number of hydrogen-bond acceptors (Lipinski definition) is 3. The minimum absolute atomic E-state index is 0.0309. The summed E-state index contributed by atoms with van der Waals surface area (Å²) in [7, 11) is 0. The Morgan fingerprint density at radius 3 is 2.20 bits per heavy atom. The number of hydrogen-bond donors (Lipinski definition) is 2. The summed E-state index contributed by atoms with van der Waals surface area (Å²) in [5, 5.41) is 5.59. The largest absolute Gasteiger partial charge is 0.348 e. The predicted molar refractivity (Wildman–Crippen MR) is 60.6 cm³/mol. The lowest BCUT2D eigenvalue weighted by atomic mass is 10.0. The molecule has 4 nitrogen and oxygen atoms in total. The van der Waals surface area contributed by atoms with E-state index in [1.54, 1.807) is 0 Å². The minimum atomic E-state index is -0.125. The van der Waals surface area contributed by atoms with Crippen molar-refractivity contribution in [1.82, 2.24) is 10.6 Å². The topological polar surface area (TPSA) is 58.2 Å². The SMILES string of the molecule is CCC(C)C(=O)CNC(=O)CNC(C)C. The summed E-state index contributed by atoms with van der Waals surface area (Å²) in [4.78, 5) is 22.6. The Bertz CT molecular complexity index is 215. The third-order valence-electron chi connectivity index (χ3n) is 2.29.